The van der Waals surface area contributed by atoms with E-state index in [-0.39, 0.29) is 23.1 Å². The van der Waals surface area contributed by atoms with E-state index >= 15 is 0 Å². The summed E-state index contributed by atoms with van der Waals surface area (Å²) in [5.74, 6) is 3.32. The first-order chi connectivity index (χ1) is 58.7. The summed E-state index contributed by atoms with van der Waals surface area (Å²) in [4.78, 5) is 96.9. The molecule has 25 nitrogen and oxygen atoms in total. The molecule has 0 bridgehead atoms. The van der Waals surface area contributed by atoms with Crippen LogP contribution in [0.15, 0.2) is 143 Å². The minimum Gasteiger partial charge on any atom is -0.420 e. The lowest BCUT2D eigenvalue weighted by Crippen LogP contribution is -2.46. The standard InChI is InChI=1S/2C24H32N4O2.C23H32N6O.C23H31N5OS/c2*1-3-7-18(14-19-16-25-21-9-6-5-8-20(19)21)15-22(29)23-17-26-24(30-23)28-12-10-27(4-2)11-13-28;1-3-7-17(14-18-16-24-20-9-6-5-8-19(18)20)15-21(30)22-25-23(27-26-22)29-12-10-28(4-2)11-13-29;1-3-7-17(14-18-16-24-20-9-6-5-8-19(18)20)15-21(29)22-25-26-23(30-22)28-12-10-27(4-2)11-13-28/h2*5-6,8-9,16-18,25H,3-4,7,10-15H2,1-2H3;5-6,8-9,16-17,24H,3-4,7,10-15H2,1-2H3,(H,25,26,27);5-6,8-9,16-17,24H,3-4,7,10-15H2,1-2H3. The van der Waals surface area contributed by atoms with E-state index in [0.29, 0.717) is 89.7 Å². The fraction of sp³-hybridized carbons (Fsp3) is 0.511. The molecule has 8 aromatic heterocycles. The van der Waals surface area contributed by atoms with Crippen molar-refractivity contribution in [2.45, 2.75) is 158 Å². The third kappa shape index (κ3) is 23.3. The van der Waals surface area contributed by atoms with Gasteiger partial charge in [-0.3, -0.25) is 24.3 Å². The normalized spacial score (nSPS) is 16.3. The number of piperazine rings is 4. The van der Waals surface area contributed by atoms with Crippen molar-refractivity contribution < 1.29 is 28.0 Å². The first-order valence-electron chi connectivity index (χ1n) is 44.6. The van der Waals surface area contributed by atoms with Gasteiger partial charge in [0.25, 0.3) is 12.0 Å². The Morgan fingerprint density at radius 3 is 1.04 bits per heavy atom. The summed E-state index contributed by atoms with van der Waals surface area (Å²) < 4.78 is 11.8. The molecule has 4 aliphatic rings. The number of oxazole rings is 2. The second-order valence-electron chi connectivity index (χ2n) is 33.0. The Hall–Kier alpha value is -10.1. The Labute approximate surface area is 711 Å². The summed E-state index contributed by atoms with van der Waals surface area (Å²) >= 11 is 1.46. The number of carbonyl (C=O) groups is 4. The third-order valence-corrected chi connectivity index (χ3v) is 25.7. The van der Waals surface area contributed by atoms with Crippen LogP contribution in [0.1, 0.15) is 196 Å². The number of rotatable bonds is 36. The molecule has 640 valence electrons. The van der Waals surface area contributed by atoms with Crippen LogP contribution in [0.25, 0.3) is 43.6 Å². The van der Waals surface area contributed by atoms with Gasteiger partial charge in [0, 0.05) is 199 Å². The van der Waals surface area contributed by atoms with Crippen LogP contribution in [0.2, 0.25) is 0 Å². The van der Waals surface area contributed by atoms with E-state index in [1.807, 2.05) is 24.3 Å². The Morgan fingerprint density at radius 2 is 0.700 bits per heavy atom. The highest BCUT2D eigenvalue weighted by Gasteiger charge is 2.30. The number of hydrogen-bond acceptors (Lipinski definition) is 21. The fourth-order valence-corrected chi connectivity index (χ4v) is 18.5. The lowest BCUT2D eigenvalue weighted by Gasteiger charge is -2.33. The molecule has 120 heavy (non-hydrogen) atoms. The number of nitrogens with one attached hydrogen (secondary N) is 5. The number of fused-ring (bicyclic) bond motifs is 4. The molecule has 12 aromatic rings. The Balaban J connectivity index is 0.000000138. The van der Waals surface area contributed by atoms with Gasteiger partial charge in [-0.05, 0) is 148 Å². The van der Waals surface area contributed by atoms with Crippen LogP contribution in [0.4, 0.5) is 23.1 Å². The van der Waals surface area contributed by atoms with Gasteiger partial charge in [0.15, 0.2) is 45.5 Å². The van der Waals surface area contributed by atoms with Gasteiger partial charge >= 0.3 is 0 Å². The minimum absolute atomic E-state index is 0.0548. The molecule has 0 radical (unpaired) electrons. The maximum Gasteiger partial charge on any atom is 0.297 e. The van der Waals surface area contributed by atoms with Gasteiger partial charge in [0.05, 0.1) is 12.4 Å². The molecule has 4 aliphatic heterocycles. The molecule has 4 fully saturated rings. The Morgan fingerprint density at radius 1 is 0.383 bits per heavy atom. The highest BCUT2D eigenvalue weighted by molar-refractivity contribution is 7.17. The van der Waals surface area contributed by atoms with E-state index in [0.717, 1.165) is 235 Å². The van der Waals surface area contributed by atoms with E-state index in [2.05, 4.69) is 247 Å². The lowest BCUT2D eigenvalue weighted by molar-refractivity contribution is 0.0924. The highest BCUT2D eigenvalue weighted by Crippen LogP contribution is 2.33. The van der Waals surface area contributed by atoms with Crippen LogP contribution in [0.3, 0.4) is 0 Å². The molecule has 0 amide bonds. The van der Waals surface area contributed by atoms with Crippen molar-refractivity contribution in [2.75, 3.05) is 150 Å². The molecule has 4 unspecified atom stereocenters. The minimum atomic E-state index is 0.0548. The number of H-pyrrole nitrogens is 5. The zero-order chi connectivity index (χ0) is 83.7. The molecule has 0 spiro atoms. The number of ketones is 4. The molecule has 4 aromatic carbocycles. The smallest absolute Gasteiger partial charge is 0.297 e. The van der Waals surface area contributed by atoms with E-state index in [1.54, 1.807) is 12.4 Å². The van der Waals surface area contributed by atoms with E-state index in [9.17, 15) is 19.2 Å². The third-order valence-electron chi connectivity index (χ3n) is 24.7. The number of Topliss-reactive ketones (excluding diaryl/α,β-unsaturated/α-hetero) is 4. The molecular formula is C94H127N19O6S. The number of benzene rings is 4. The monoisotopic (exact) mass is 1650 g/mol. The summed E-state index contributed by atoms with van der Waals surface area (Å²) in [6, 6.07) is 34.6. The number of aromatic nitrogens is 11. The van der Waals surface area contributed by atoms with Crippen LogP contribution in [-0.4, -0.2) is 229 Å². The number of hydrogen-bond donors (Lipinski definition) is 5. The molecule has 0 saturated carbocycles. The highest BCUT2D eigenvalue weighted by atomic mass is 32.1. The van der Waals surface area contributed by atoms with Crippen molar-refractivity contribution in [3.8, 4) is 0 Å². The van der Waals surface area contributed by atoms with Gasteiger partial charge in [-0.2, -0.15) is 4.98 Å². The number of nitrogens with zero attached hydrogens (tertiary/aromatic N) is 14. The SMILES string of the molecule is CCCC(CC(=O)c1cnc(N2CCN(CC)CC2)o1)Cc1c[nH]c2ccccc12.CCCC(CC(=O)c1cnc(N2CCN(CC)CC2)o1)Cc1c[nH]c2ccccc12.CCCC(CC(=O)c1nc(N2CCN(CC)CC2)n[nH]1)Cc1c[nH]c2ccccc12.CCCC(CC(=O)c1nnc(N2CCN(CC)CC2)s1)Cc1c[nH]c2ccccc12. The number of para-hydroxylation sites is 4. The molecule has 16 rings (SSSR count). The Kier molecular flexibility index (Phi) is 32.1. The first-order valence-corrected chi connectivity index (χ1v) is 45.4. The van der Waals surface area contributed by atoms with Gasteiger partial charge < -0.3 is 68.0 Å². The fourth-order valence-electron chi connectivity index (χ4n) is 17.7. The van der Waals surface area contributed by atoms with Gasteiger partial charge in [0.1, 0.15) is 0 Å². The molecular weight excluding hydrogens is 1520 g/mol. The van der Waals surface area contributed by atoms with Gasteiger partial charge in [-0.15, -0.1) is 15.3 Å². The molecule has 26 heteroatoms. The van der Waals surface area contributed by atoms with Crippen LogP contribution < -0.4 is 19.6 Å². The molecule has 4 atom stereocenters. The lowest BCUT2D eigenvalue weighted by atomic mass is 9.90. The van der Waals surface area contributed by atoms with Crippen molar-refractivity contribution in [1.82, 2.24) is 74.9 Å². The van der Waals surface area contributed by atoms with E-state index < -0.39 is 0 Å². The van der Waals surface area contributed by atoms with Gasteiger partial charge in [-0.1, -0.05) is 165 Å². The second-order valence-corrected chi connectivity index (χ2v) is 33.9. The molecule has 0 aliphatic carbocycles. The molecule has 4 saturated heterocycles. The number of carbonyl (C=O) groups excluding carboxylic acids is 4. The maximum atomic E-state index is 13.0. The Bertz CT molecular complexity index is 4510. The summed E-state index contributed by atoms with van der Waals surface area (Å²) in [6.45, 7) is 37.1. The second kappa shape index (κ2) is 43.9. The van der Waals surface area contributed by atoms with E-state index in [1.165, 1.54) is 55.1 Å². The summed E-state index contributed by atoms with van der Waals surface area (Å²) in [6.07, 6.45) is 25.5. The van der Waals surface area contributed by atoms with Crippen molar-refractivity contribution in [3.63, 3.8) is 0 Å². The molecule has 5 N–H and O–H groups in total. The number of likely N-dealkylation sites (N-methyl/N-ethyl adjacent to an activating group) is 4. The topological polar surface area (TPSA) is 277 Å². The van der Waals surface area contributed by atoms with Gasteiger partial charge in [-0.25, -0.2) is 9.97 Å². The quantitative estimate of drug-likeness (QED) is 0.0228. The van der Waals surface area contributed by atoms with Crippen LogP contribution in [0, 0.1) is 23.7 Å². The summed E-state index contributed by atoms with van der Waals surface area (Å²) in [5.41, 5.74) is 9.75. The van der Waals surface area contributed by atoms with E-state index in [4.69, 9.17) is 8.83 Å². The predicted octanol–water partition coefficient (Wildman–Crippen LogP) is 17.1. The predicted molar refractivity (Wildman–Crippen MR) is 484 cm³/mol. The summed E-state index contributed by atoms with van der Waals surface area (Å²) in [5, 5.41) is 22.3. The number of aromatic amines is 5. The van der Waals surface area contributed by atoms with Crippen molar-refractivity contribution in [3.05, 3.63) is 179 Å². The van der Waals surface area contributed by atoms with Crippen molar-refractivity contribution >= 4 is 101 Å². The van der Waals surface area contributed by atoms with Crippen LogP contribution in [-0.2, 0) is 25.7 Å². The zero-order valence-electron chi connectivity index (χ0n) is 72.1. The van der Waals surface area contributed by atoms with Gasteiger partial charge in [0.2, 0.25) is 11.1 Å². The number of anilines is 4. The van der Waals surface area contributed by atoms with Crippen molar-refractivity contribution in [1.29, 1.82) is 0 Å². The summed E-state index contributed by atoms with van der Waals surface area (Å²) in [7, 11) is 0. The molecule has 12 heterocycles. The zero-order valence-corrected chi connectivity index (χ0v) is 72.9. The average Bonchev–Trinajstić information content (AvgIpc) is 1.68. The van der Waals surface area contributed by atoms with Crippen molar-refractivity contribution in [2.24, 2.45) is 23.7 Å². The first kappa shape index (κ1) is 87.7. The maximum absolute atomic E-state index is 13.0. The van der Waals surface area contributed by atoms with Crippen LogP contribution in [0.5, 0.6) is 0 Å². The largest absolute Gasteiger partial charge is 0.420 e. The average molecular weight is 1650 g/mol. The van der Waals surface area contributed by atoms with Crippen LogP contribution >= 0.6 is 11.3 Å².